The number of carbonyl (C=O) groups excluding carboxylic acids is 2. The van der Waals surface area contributed by atoms with Gasteiger partial charge in [-0.3, -0.25) is 14.4 Å². The average Bonchev–Trinajstić information content (AvgIpc) is 2.46. The van der Waals surface area contributed by atoms with Crippen molar-refractivity contribution in [1.82, 2.24) is 4.90 Å². The number of nitrogens with zero attached hydrogens (tertiary/aromatic N) is 1. The number of carboxylic acid groups (broad SMARTS) is 1. The third kappa shape index (κ3) is 3.11. The van der Waals surface area contributed by atoms with Crippen LogP contribution in [0.2, 0.25) is 0 Å². The van der Waals surface area contributed by atoms with Gasteiger partial charge in [0.05, 0.1) is 17.8 Å². The highest BCUT2D eigenvalue weighted by Crippen LogP contribution is 2.32. The van der Waals surface area contributed by atoms with E-state index in [-0.39, 0.29) is 17.7 Å². The Labute approximate surface area is 118 Å². The molecule has 1 saturated heterocycles. The summed E-state index contributed by atoms with van der Waals surface area (Å²) in [7, 11) is 0. The van der Waals surface area contributed by atoms with Gasteiger partial charge in [0.1, 0.15) is 0 Å². The van der Waals surface area contributed by atoms with Crippen LogP contribution in [0.5, 0.6) is 0 Å². The van der Waals surface area contributed by atoms with E-state index in [2.05, 4.69) is 0 Å². The van der Waals surface area contributed by atoms with Gasteiger partial charge in [0.15, 0.2) is 0 Å². The number of piperidine rings is 1. The zero-order chi connectivity index (χ0) is 14.7. The highest BCUT2D eigenvalue weighted by Gasteiger charge is 2.39. The van der Waals surface area contributed by atoms with Crippen molar-refractivity contribution < 1.29 is 19.5 Å². The maximum atomic E-state index is 12.5. The van der Waals surface area contributed by atoms with Crippen molar-refractivity contribution >= 4 is 17.8 Å². The topological polar surface area (TPSA) is 101 Å². The van der Waals surface area contributed by atoms with E-state index >= 15 is 0 Å². The molecule has 2 aliphatic rings. The quantitative estimate of drug-likeness (QED) is 0.791. The fourth-order valence-electron chi connectivity index (χ4n) is 3.37. The van der Waals surface area contributed by atoms with Crippen LogP contribution in [0.15, 0.2) is 0 Å². The molecule has 2 fully saturated rings. The highest BCUT2D eigenvalue weighted by atomic mass is 16.4. The SMILES string of the molecule is NC(=O)C1CCCN(C(=O)C2CCCCC2C(=O)O)C1. The van der Waals surface area contributed by atoms with Gasteiger partial charge in [-0.05, 0) is 25.7 Å². The van der Waals surface area contributed by atoms with Crippen molar-refractivity contribution in [2.75, 3.05) is 13.1 Å². The highest BCUT2D eigenvalue weighted by molar-refractivity contribution is 5.86. The van der Waals surface area contributed by atoms with Gasteiger partial charge in [0, 0.05) is 13.1 Å². The van der Waals surface area contributed by atoms with Crippen LogP contribution in [-0.4, -0.2) is 40.9 Å². The van der Waals surface area contributed by atoms with E-state index in [9.17, 15) is 19.5 Å². The molecular formula is C14H22N2O4. The number of hydrogen-bond acceptors (Lipinski definition) is 3. The lowest BCUT2D eigenvalue weighted by molar-refractivity contribution is -0.153. The van der Waals surface area contributed by atoms with Crippen LogP contribution in [0, 0.1) is 17.8 Å². The van der Waals surface area contributed by atoms with E-state index in [0.717, 1.165) is 19.3 Å². The van der Waals surface area contributed by atoms with Crippen LogP contribution in [-0.2, 0) is 14.4 Å². The summed E-state index contributed by atoms with van der Waals surface area (Å²) in [4.78, 5) is 36.7. The Morgan fingerprint density at radius 2 is 1.65 bits per heavy atom. The van der Waals surface area contributed by atoms with Crippen molar-refractivity contribution in [1.29, 1.82) is 0 Å². The summed E-state index contributed by atoms with van der Waals surface area (Å²) in [6.07, 6.45) is 4.43. The zero-order valence-electron chi connectivity index (χ0n) is 11.6. The van der Waals surface area contributed by atoms with E-state index in [1.807, 2.05) is 0 Å². The first-order chi connectivity index (χ1) is 9.50. The molecule has 20 heavy (non-hydrogen) atoms. The molecule has 1 heterocycles. The van der Waals surface area contributed by atoms with Gasteiger partial charge in [0.25, 0.3) is 0 Å². The molecule has 0 spiro atoms. The van der Waals surface area contributed by atoms with Gasteiger partial charge in [-0.15, -0.1) is 0 Å². The molecule has 1 aliphatic heterocycles. The first-order valence-electron chi connectivity index (χ1n) is 7.31. The number of likely N-dealkylation sites (tertiary alicyclic amines) is 1. The molecular weight excluding hydrogens is 260 g/mol. The first kappa shape index (κ1) is 14.8. The number of carboxylic acids is 1. The number of amides is 2. The minimum absolute atomic E-state index is 0.108. The minimum Gasteiger partial charge on any atom is -0.481 e. The summed E-state index contributed by atoms with van der Waals surface area (Å²) < 4.78 is 0. The second kappa shape index (κ2) is 6.24. The normalized spacial score (nSPS) is 30.8. The van der Waals surface area contributed by atoms with Crippen molar-refractivity contribution in [2.45, 2.75) is 38.5 Å². The summed E-state index contributed by atoms with van der Waals surface area (Å²) in [5, 5.41) is 9.25. The molecule has 0 radical (unpaired) electrons. The summed E-state index contributed by atoms with van der Waals surface area (Å²) in [6, 6.07) is 0. The lowest BCUT2D eigenvalue weighted by atomic mass is 9.78. The molecule has 2 amide bonds. The maximum Gasteiger partial charge on any atom is 0.307 e. The molecule has 0 bridgehead atoms. The lowest BCUT2D eigenvalue weighted by Crippen LogP contribution is -2.48. The largest absolute Gasteiger partial charge is 0.481 e. The Bertz CT molecular complexity index is 410. The van der Waals surface area contributed by atoms with Gasteiger partial charge in [-0.1, -0.05) is 12.8 Å². The Balaban J connectivity index is 2.05. The number of rotatable bonds is 3. The predicted octanol–water partition coefficient (Wildman–Crippen LogP) is 0.601. The number of nitrogens with two attached hydrogens (primary N) is 1. The minimum atomic E-state index is -0.883. The predicted molar refractivity (Wildman–Crippen MR) is 71.6 cm³/mol. The van der Waals surface area contributed by atoms with E-state index < -0.39 is 17.8 Å². The summed E-state index contributed by atoms with van der Waals surface area (Å²) >= 11 is 0. The summed E-state index contributed by atoms with van der Waals surface area (Å²) in [6.45, 7) is 0.947. The summed E-state index contributed by atoms with van der Waals surface area (Å²) in [5.41, 5.74) is 5.31. The molecule has 0 aromatic heterocycles. The van der Waals surface area contributed by atoms with E-state index in [1.54, 1.807) is 4.90 Å². The molecule has 3 N–H and O–H groups in total. The van der Waals surface area contributed by atoms with Crippen LogP contribution in [0.4, 0.5) is 0 Å². The fraction of sp³-hybridized carbons (Fsp3) is 0.786. The van der Waals surface area contributed by atoms with Crippen molar-refractivity contribution in [3.05, 3.63) is 0 Å². The van der Waals surface area contributed by atoms with Crippen LogP contribution >= 0.6 is 0 Å². The third-order valence-electron chi connectivity index (χ3n) is 4.54. The molecule has 0 aromatic carbocycles. The first-order valence-corrected chi connectivity index (χ1v) is 7.31. The molecule has 2 rings (SSSR count). The maximum absolute atomic E-state index is 12.5. The van der Waals surface area contributed by atoms with Crippen molar-refractivity contribution in [3.8, 4) is 0 Å². The number of hydrogen-bond donors (Lipinski definition) is 2. The summed E-state index contributed by atoms with van der Waals surface area (Å²) in [5.74, 6) is -2.67. The standard InChI is InChI=1S/C14H22N2O4/c15-12(17)9-4-3-7-16(8-9)13(18)10-5-1-2-6-11(10)14(19)20/h9-11H,1-8H2,(H2,15,17)(H,19,20). The van der Waals surface area contributed by atoms with Gasteiger partial charge < -0.3 is 15.7 Å². The lowest BCUT2D eigenvalue weighted by Gasteiger charge is -2.36. The smallest absolute Gasteiger partial charge is 0.307 e. The Kier molecular flexibility index (Phi) is 4.62. The fourth-order valence-corrected chi connectivity index (χ4v) is 3.37. The van der Waals surface area contributed by atoms with Gasteiger partial charge in [0.2, 0.25) is 11.8 Å². The third-order valence-corrected chi connectivity index (χ3v) is 4.54. The molecule has 6 nitrogen and oxygen atoms in total. The van der Waals surface area contributed by atoms with Crippen LogP contribution in [0.3, 0.4) is 0 Å². The molecule has 3 atom stereocenters. The van der Waals surface area contributed by atoms with Crippen molar-refractivity contribution in [3.63, 3.8) is 0 Å². The van der Waals surface area contributed by atoms with E-state index in [1.165, 1.54) is 0 Å². The number of aliphatic carboxylic acids is 1. The molecule has 1 saturated carbocycles. The van der Waals surface area contributed by atoms with Gasteiger partial charge >= 0.3 is 5.97 Å². The van der Waals surface area contributed by atoms with Gasteiger partial charge in [-0.2, -0.15) is 0 Å². The van der Waals surface area contributed by atoms with Crippen LogP contribution < -0.4 is 5.73 Å². The monoisotopic (exact) mass is 282 g/mol. The number of primary amides is 1. The second-order valence-corrected chi connectivity index (χ2v) is 5.86. The zero-order valence-corrected chi connectivity index (χ0v) is 11.6. The molecule has 3 unspecified atom stereocenters. The average molecular weight is 282 g/mol. The molecule has 112 valence electrons. The Hall–Kier alpha value is -1.59. The molecule has 6 heteroatoms. The van der Waals surface area contributed by atoms with Crippen molar-refractivity contribution in [2.24, 2.45) is 23.5 Å². The number of carbonyl (C=O) groups is 3. The Morgan fingerprint density at radius 1 is 1.00 bits per heavy atom. The molecule has 0 aromatic rings. The van der Waals surface area contributed by atoms with Gasteiger partial charge in [-0.25, -0.2) is 0 Å². The van der Waals surface area contributed by atoms with E-state index in [0.29, 0.717) is 32.4 Å². The van der Waals surface area contributed by atoms with E-state index in [4.69, 9.17) is 5.73 Å². The van der Waals surface area contributed by atoms with Crippen LogP contribution in [0.1, 0.15) is 38.5 Å². The second-order valence-electron chi connectivity index (χ2n) is 5.86. The van der Waals surface area contributed by atoms with Crippen LogP contribution in [0.25, 0.3) is 0 Å². The Morgan fingerprint density at radius 3 is 2.25 bits per heavy atom. The molecule has 1 aliphatic carbocycles.